The Bertz CT molecular complexity index is 743. The number of fused-ring (bicyclic) bond motifs is 1. The minimum absolute atomic E-state index is 0.0704. The predicted molar refractivity (Wildman–Crippen MR) is 88.8 cm³/mol. The lowest BCUT2D eigenvalue weighted by molar-refractivity contribution is -0.192. The van der Waals surface area contributed by atoms with Crippen LogP contribution in [0.15, 0.2) is 0 Å². The number of carbonyl (C=O) groups is 2. The number of aliphatic carboxylic acids is 1. The molecule has 3 heterocycles. The van der Waals surface area contributed by atoms with E-state index in [9.17, 15) is 23.1 Å². The maximum absolute atomic E-state index is 11.9. The lowest BCUT2D eigenvalue weighted by atomic mass is 9.94. The minimum atomic E-state index is -5.08. The van der Waals surface area contributed by atoms with E-state index in [1.807, 2.05) is 11.8 Å². The smallest absolute Gasteiger partial charge is 0.475 e. The molecule has 0 aromatic carbocycles. The molecule has 0 saturated carbocycles. The Balaban J connectivity index is 0.000000321. The third kappa shape index (κ3) is 5.42. The fourth-order valence-electron chi connectivity index (χ4n) is 2.91. The molecule has 0 radical (unpaired) electrons. The van der Waals surface area contributed by atoms with Gasteiger partial charge < -0.3 is 20.4 Å². The van der Waals surface area contributed by atoms with Gasteiger partial charge in [-0.3, -0.25) is 4.79 Å². The number of aliphatic hydroxyl groups is 1. The Morgan fingerprint density at radius 2 is 2.00 bits per heavy atom. The molecule has 150 valence electrons. The van der Waals surface area contributed by atoms with Crippen LogP contribution in [0.4, 0.5) is 19.0 Å². The molecule has 1 fully saturated rings. The number of carboxylic acid groups (broad SMARTS) is 1. The number of anilines is 1. The zero-order chi connectivity index (χ0) is 20.4. The number of carbonyl (C=O) groups excluding carboxylic acids is 1. The second kappa shape index (κ2) is 7.85. The average molecular weight is 411 g/mol. The lowest BCUT2D eigenvalue weighted by Gasteiger charge is -2.38. The standard InChI is InChI=1S/C13H17ClN4O2.C2HF3O2/c1-13(20)4-2-6-18(7-13)10-8-3-5-15-11(19)9(8)16-12(14)17-10;3-2(4,5)1(6)7/h20H,2-7H2,1H3,(H,15,19);(H,6,7). The number of amides is 1. The van der Waals surface area contributed by atoms with Gasteiger partial charge in [0.2, 0.25) is 5.28 Å². The van der Waals surface area contributed by atoms with Crippen molar-refractivity contribution in [2.45, 2.75) is 38.0 Å². The van der Waals surface area contributed by atoms with Crippen LogP contribution in [-0.2, 0) is 11.2 Å². The second-order valence-electron chi connectivity index (χ2n) is 6.47. The zero-order valence-electron chi connectivity index (χ0n) is 14.3. The van der Waals surface area contributed by atoms with E-state index < -0.39 is 17.7 Å². The molecule has 2 aliphatic rings. The number of nitrogens with one attached hydrogen (secondary N) is 1. The molecule has 0 aliphatic carbocycles. The molecule has 8 nitrogen and oxygen atoms in total. The van der Waals surface area contributed by atoms with Crippen LogP contribution in [0.5, 0.6) is 0 Å². The van der Waals surface area contributed by atoms with Crippen LogP contribution in [0.1, 0.15) is 35.8 Å². The van der Waals surface area contributed by atoms with Crippen LogP contribution in [0.25, 0.3) is 0 Å². The Kier molecular flexibility index (Phi) is 6.15. The quantitative estimate of drug-likeness (QED) is 0.599. The molecule has 27 heavy (non-hydrogen) atoms. The van der Waals surface area contributed by atoms with Crippen molar-refractivity contribution in [3.05, 3.63) is 16.5 Å². The summed E-state index contributed by atoms with van der Waals surface area (Å²) in [5.74, 6) is -2.28. The number of aromatic nitrogens is 2. The summed E-state index contributed by atoms with van der Waals surface area (Å²) in [4.78, 5) is 31.1. The van der Waals surface area contributed by atoms with Crippen LogP contribution in [0, 0.1) is 0 Å². The SMILES string of the molecule is CC1(O)CCCN(c2nc(Cl)nc3c2CCNC3=O)C1.O=C(O)C(F)(F)F. The summed E-state index contributed by atoms with van der Waals surface area (Å²) in [6.07, 6.45) is -2.74. The van der Waals surface area contributed by atoms with Crippen LogP contribution in [-0.4, -0.2) is 63.5 Å². The number of piperidine rings is 1. The molecule has 1 unspecified atom stereocenters. The number of hydrogen-bond acceptors (Lipinski definition) is 6. The van der Waals surface area contributed by atoms with E-state index >= 15 is 0 Å². The summed E-state index contributed by atoms with van der Waals surface area (Å²) >= 11 is 5.95. The Hall–Kier alpha value is -2.14. The summed E-state index contributed by atoms with van der Waals surface area (Å²) in [5, 5.41) is 20.2. The van der Waals surface area contributed by atoms with Gasteiger partial charge in [-0.25, -0.2) is 14.8 Å². The van der Waals surface area contributed by atoms with Gasteiger partial charge in [-0.15, -0.1) is 0 Å². The van der Waals surface area contributed by atoms with Gasteiger partial charge in [-0.1, -0.05) is 0 Å². The molecule has 12 heteroatoms. The highest BCUT2D eigenvalue weighted by Crippen LogP contribution is 2.30. The summed E-state index contributed by atoms with van der Waals surface area (Å²) in [5.41, 5.74) is 0.451. The normalized spacial score (nSPS) is 22.3. The van der Waals surface area contributed by atoms with Crippen LogP contribution >= 0.6 is 11.6 Å². The van der Waals surface area contributed by atoms with E-state index in [0.717, 1.165) is 24.9 Å². The van der Waals surface area contributed by atoms with E-state index in [1.165, 1.54) is 0 Å². The summed E-state index contributed by atoms with van der Waals surface area (Å²) < 4.78 is 31.7. The highest BCUT2D eigenvalue weighted by atomic mass is 35.5. The maximum atomic E-state index is 11.9. The van der Waals surface area contributed by atoms with Crippen molar-refractivity contribution in [2.75, 3.05) is 24.5 Å². The molecule has 1 amide bonds. The third-order valence-electron chi connectivity index (χ3n) is 4.05. The third-order valence-corrected chi connectivity index (χ3v) is 4.22. The Labute approximate surface area is 157 Å². The topological polar surface area (TPSA) is 116 Å². The Morgan fingerprint density at radius 1 is 1.37 bits per heavy atom. The first-order chi connectivity index (χ1) is 12.4. The van der Waals surface area contributed by atoms with Crippen molar-refractivity contribution in [1.82, 2.24) is 15.3 Å². The van der Waals surface area contributed by atoms with Crippen molar-refractivity contribution in [1.29, 1.82) is 0 Å². The van der Waals surface area contributed by atoms with Crippen molar-refractivity contribution in [3.63, 3.8) is 0 Å². The van der Waals surface area contributed by atoms with Crippen LogP contribution in [0.3, 0.4) is 0 Å². The van der Waals surface area contributed by atoms with E-state index in [0.29, 0.717) is 31.0 Å². The number of hydrogen-bond donors (Lipinski definition) is 3. The fourth-order valence-corrected chi connectivity index (χ4v) is 3.08. The molecule has 3 N–H and O–H groups in total. The number of alkyl halides is 3. The average Bonchev–Trinajstić information content (AvgIpc) is 2.54. The number of nitrogens with zero attached hydrogens (tertiary/aromatic N) is 3. The van der Waals surface area contributed by atoms with Gasteiger partial charge in [0, 0.05) is 25.2 Å². The summed E-state index contributed by atoms with van der Waals surface area (Å²) in [6, 6.07) is 0. The fraction of sp³-hybridized carbons (Fsp3) is 0.600. The monoisotopic (exact) mass is 410 g/mol. The predicted octanol–water partition coefficient (Wildman–Crippen LogP) is 1.40. The van der Waals surface area contributed by atoms with Crippen LogP contribution < -0.4 is 10.2 Å². The van der Waals surface area contributed by atoms with Crippen LogP contribution in [0.2, 0.25) is 5.28 Å². The molecule has 3 rings (SSSR count). The molecular formula is C15H18ClF3N4O4. The molecule has 1 saturated heterocycles. The second-order valence-corrected chi connectivity index (χ2v) is 6.81. The highest BCUT2D eigenvalue weighted by molar-refractivity contribution is 6.28. The van der Waals surface area contributed by atoms with Crippen molar-refractivity contribution >= 4 is 29.3 Å². The summed E-state index contributed by atoms with van der Waals surface area (Å²) in [7, 11) is 0. The van der Waals surface area contributed by atoms with Crippen molar-refractivity contribution in [2.24, 2.45) is 0 Å². The number of halogens is 4. The molecular weight excluding hydrogens is 393 g/mol. The zero-order valence-corrected chi connectivity index (χ0v) is 15.1. The minimum Gasteiger partial charge on any atom is -0.475 e. The van der Waals surface area contributed by atoms with Gasteiger partial charge in [-0.05, 0) is 37.8 Å². The van der Waals surface area contributed by atoms with E-state index in [4.69, 9.17) is 21.5 Å². The van der Waals surface area contributed by atoms with Gasteiger partial charge in [0.1, 0.15) is 11.5 Å². The van der Waals surface area contributed by atoms with Gasteiger partial charge in [-0.2, -0.15) is 13.2 Å². The molecule has 2 aliphatic heterocycles. The number of rotatable bonds is 1. The number of β-amino-alcohol motifs (C(OH)–C–C–N with tert-alkyl or cyclic N) is 1. The maximum Gasteiger partial charge on any atom is 0.490 e. The number of carboxylic acids is 1. The van der Waals surface area contributed by atoms with Gasteiger partial charge in [0.05, 0.1) is 5.60 Å². The van der Waals surface area contributed by atoms with Gasteiger partial charge in [0.15, 0.2) is 0 Å². The Morgan fingerprint density at radius 3 is 2.56 bits per heavy atom. The van der Waals surface area contributed by atoms with Crippen molar-refractivity contribution in [3.8, 4) is 0 Å². The van der Waals surface area contributed by atoms with E-state index in [-0.39, 0.29) is 11.2 Å². The first-order valence-corrected chi connectivity index (χ1v) is 8.40. The van der Waals surface area contributed by atoms with Gasteiger partial charge >= 0.3 is 12.1 Å². The summed E-state index contributed by atoms with van der Waals surface area (Å²) in [6.45, 7) is 3.70. The lowest BCUT2D eigenvalue weighted by Crippen LogP contribution is -2.47. The molecule has 0 bridgehead atoms. The highest BCUT2D eigenvalue weighted by Gasteiger charge is 2.38. The van der Waals surface area contributed by atoms with E-state index in [1.54, 1.807) is 0 Å². The van der Waals surface area contributed by atoms with Gasteiger partial charge in [0.25, 0.3) is 5.91 Å². The first-order valence-electron chi connectivity index (χ1n) is 8.03. The molecule has 1 aromatic rings. The molecule has 1 atom stereocenters. The first kappa shape index (κ1) is 21.2. The van der Waals surface area contributed by atoms with Crippen molar-refractivity contribution < 1.29 is 33.0 Å². The largest absolute Gasteiger partial charge is 0.490 e. The molecule has 0 spiro atoms. The molecule has 1 aromatic heterocycles. The van der Waals surface area contributed by atoms with E-state index in [2.05, 4.69) is 15.3 Å².